The van der Waals surface area contributed by atoms with Crippen molar-refractivity contribution in [3.8, 4) is 0 Å². The number of carbonyl (C=O) groups is 1. The lowest BCUT2D eigenvalue weighted by molar-refractivity contribution is 0.0946. The van der Waals surface area contributed by atoms with Gasteiger partial charge < -0.3 is 10.6 Å². The van der Waals surface area contributed by atoms with Crippen molar-refractivity contribution in [3.05, 3.63) is 45.2 Å². The quantitative estimate of drug-likeness (QED) is 0.884. The molecule has 0 bridgehead atoms. The number of nitrogens with zero attached hydrogens (tertiary/aromatic N) is 1. The van der Waals surface area contributed by atoms with E-state index in [0.717, 1.165) is 0 Å². The molecule has 0 saturated carbocycles. The van der Waals surface area contributed by atoms with Gasteiger partial charge in [-0.1, -0.05) is 31.5 Å². The lowest BCUT2D eigenvalue weighted by atomic mass is 9.91. The van der Waals surface area contributed by atoms with Crippen LogP contribution in [-0.4, -0.2) is 24.5 Å². The Hall–Kier alpha value is -1.59. The zero-order valence-electron chi connectivity index (χ0n) is 12.2. The molecule has 0 aliphatic carbocycles. The Morgan fingerprint density at radius 3 is 2.86 bits per heavy atom. The molecule has 2 aromatic heterocycles. The van der Waals surface area contributed by atoms with Crippen molar-refractivity contribution in [2.24, 2.45) is 0 Å². The zero-order valence-corrected chi connectivity index (χ0v) is 13.8. The molecule has 0 aliphatic heterocycles. The summed E-state index contributed by atoms with van der Waals surface area (Å²) in [7, 11) is 1.75. The van der Waals surface area contributed by atoms with Gasteiger partial charge in [-0.2, -0.15) is 0 Å². The Balaban J connectivity index is 2.08. The Kier molecular flexibility index (Phi) is 4.85. The molecule has 1 amide bonds. The molecule has 2 heterocycles. The van der Waals surface area contributed by atoms with Gasteiger partial charge in [-0.3, -0.25) is 4.79 Å². The number of rotatable bonds is 5. The van der Waals surface area contributed by atoms with Crippen LogP contribution in [0.15, 0.2) is 29.8 Å². The number of hydrogen-bond donors (Lipinski definition) is 2. The fourth-order valence-corrected chi connectivity index (χ4v) is 2.94. The average Bonchev–Trinajstić information content (AvgIpc) is 3.00. The van der Waals surface area contributed by atoms with Gasteiger partial charge in [0.15, 0.2) is 0 Å². The molecule has 0 spiro atoms. The SMILES string of the molecule is CNc1cc(C(=O)NCC(C)(C)c2cccs2)c(Cl)cn1. The van der Waals surface area contributed by atoms with E-state index in [1.165, 1.54) is 11.1 Å². The molecule has 6 heteroatoms. The Bertz CT molecular complexity index is 626. The molecule has 0 fully saturated rings. The van der Waals surface area contributed by atoms with Crippen LogP contribution in [0.3, 0.4) is 0 Å². The van der Waals surface area contributed by atoms with Gasteiger partial charge in [0.1, 0.15) is 5.82 Å². The van der Waals surface area contributed by atoms with Crippen LogP contribution in [0, 0.1) is 0 Å². The van der Waals surface area contributed by atoms with E-state index in [9.17, 15) is 4.79 Å². The molecule has 0 aliphatic rings. The van der Waals surface area contributed by atoms with Crippen LogP contribution >= 0.6 is 22.9 Å². The van der Waals surface area contributed by atoms with Crippen LogP contribution in [0.5, 0.6) is 0 Å². The highest BCUT2D eigenvalue weighted by atomic mass is 35.5. The summed E-state index contributed by atoms with van der Waals surface area (Å²) in [6.07, 6.45) is 1.48. The number of halogens is 1. The minimum absolute atomic E-state index is 0.116. The maximum Gasteiger partial charge on any atom is 0.253 e. The number of amides is 1. The van der Waals surface area contributed by atoms with Gasteiger partial charge in [0, 0.05) is 30.1 Å². The molecule has 2 N–H and O–H groups in total. The summed E-state index contributed by atoms with van der Waals surface area (Å²) in [5.41, 5.74) is 0.313. The van der Waals surface area contributed by atoms with E-state index in [0.29, 0.717) is 22.9 Å². The highest BCUT2D eigenvalue weighted by Gasteiger charge is 2.23. The number of thiophene rings is 1. The van der Waals surface area contributed by atoms with Crippen molar-refractivity contribution in [2.75, 3.05) is 18.9 Å². The molecule has 0 saturated heterocycles. The standard InChI is InChI=1S/C15H18ClN3OS/c1-15(2,12-5-4-6-21-12)9-19-14(20)10-7-13(17-3)18-8-11(10)16/h4-8H,9H2,1-3H3,(H,17,18)(H,19,20). The van der Waals surface area contributed by atoms with Crippen molar-refractivity contribution >= 4 is 34.7 Å². The maximum atomic E-state index is 12.3. The van der Waals surface area contributed by atoms with Gasteiger partial charge >= 0.3 is 0 Å². The van der Waals surface area contributed by atoms with Crippen molar-refractivity contribution in [2.45, 2.75) is 19.3 Å². The molecular weight excluding hydrogens is 306 g/mol. The third kappa shape index (κ3) is 3.74. The second-order valence-electron chi connectivity index (χ2n) is 5.34. The summed E-state index contributed by atoms with van der Waals surface area (Å²) >= 11 is 7.74. The lowest BCUT2D eigenvalue weighted by Crippen LogP contribution is -2.36. The summed E-state index contributed by atoms with van der Waals surface area (Å²) in [6.45, 7) is 4.75. The first kappa shape index (κ1) is 15.8. The second-order valence-corrected chi connectivity index (χ2v) is 6.70. The smallest absolute Gasteiger partial charge is 0.253 e. The number of pyridine rings is 1. The molecule has 112 valence electrons. The van der Waals surface area contributed by atoms with Crippen molar-refractivity contribution in [1.29, 1.82) is 0 Å². The van der Waals surface area contributed by atoms with E-state index in [1.54, 1.807) is 24.5 Å². The van der Waals surface area contributed by atoms with E-state index in [-0.39, 0.29) is 11.3 Å². The molecule has 0 atom stereocenters. The first-order valence-electron chi connectivity index (χ1n) is 6.59. The van der Waals surface area contributed by atoms with Gasteiger partial charge in [0.2, 0.25) is 0 Å². The second kappa shape index (κ2) is 6.45. The molecule has 0 unspecified atom stereocenters. The topological polar surface area (TPSA) is 54.0 Å². The minimum atomic E-state index is -0.191. The van der Waals surface area contributed by atoms with Crippen LogP contribution < -0.4 is 10.6 Å². The molecule has 0 aromatic carbocycles. The highest BCUT2D eigenvalue weighted by Crippen LogP contribution is 2.27. The Labute approximate surface area is 133 Å². The first-order chi connectivity index (χ1) is 9.94. The zero-order chi connectivity index (χ0) is 15.5. The van der Waals surface area contributed by atoms with Gasteiger partial charge in [0.25, 0.3) is 5.91 Å². The van der Waals surface area contributed by atoms with E-state index in [2.05, 4.69) is 35.5 Å². The molecule has 4 nitrogen and oxygen atoms in total. The van der Waals surface area contributed by atoms with Gasteiger partial charge in [-0.05, 0) is 17.5 Å². The molecule has 2 aromatic rings. The molecular formula is C15H18ClN3OS. The summed E-state index contributed by atoms with van der Waals surface area (Å²) in [5, 5.41) is 8.23. The number of anilines is 1. The molecule has 2 rings (SSSR count). The van der Waals surface area contributed by atoms with Crippen LogP contribution in [0.2, 0.25) is 5.02 Å². The number of carbonyl (C=O) groups excluding carboxylic acids is 1. The number of hydrogen-bond acceptors (Lipinski definition) is 4. The van der Waals surface area contributed by atoms with E-state index in [4.69, 9.17) is 11.6 Å². The maximum absolute atomic E-state index is 12.3. The number of aromatic nitrogens is 1. The predicted octanol–water partition coefficient (Wildman–Crippen LogP) is 3.55. The Morgan fingerprint density at radius 2 is 2.24 bits per heavy atom. The fourth-order valence-electron chi connectivity index (χ4n) is 1.90. The largest absolute Gasteiger partial charge is 0.373 e. The Morgan fingerprint density at radius 1 is 1.48 bits per heavy atom. The van der Waals surface area contributed by atoms with E-state index in [1.807, 2.05) is 11.4 Å². The highest BCUT2D eigenvalue weighted by molar-refractivity contribution is 7.10. The normalized spacial score (nSPS) is 11.2. The summed E-state index contributed by atoms with van der Waals surface area (Å²) in [4.78, 5) is 17.6. The molecule has 0 radical (unpaired) electrons. The van der Waals surface area contributed by atoms with Gasteiger partial charge in [0.05, 0.1) is 10.6 Å². The summed E-state index contributed by atoms with van der Waals surface area (Å²) in [6, 6.07) is 5.74. The minimum Gasteiger partial charge on any atom is -0.373 e. The van der Waals surface area contributed by atoms with E-state index < -0.39 is 0 Å². The van der Waals surface area contributed by atoms with Crippen LogP contribution in [0.4, 0.5) is 5.82 Å². The van der Waals surface area contributed by atoms with Crippen molar-refractivity contribution in [3.63, 3.8) is 0 Å². The van der Waals surface area contributed by atoms with Crippen molar-refractivity contribution in [1.82, 2.24) is 10.3 Å². The van der Waals surface area contributed by atoms with E-state index >= 15 is 0 Å². The lowest BCUT2D eigenvalue weighted by Gasteiger charge is -2.23. The third-order valence-corrected chi connectivity index (χ3v) is 4.77. The van der Waals surface area contributed by atoms with Crippen LogP contribution in [0.1, 0.15) is 29.1 Å². The van der Waals surface area contributed by atoms with Gasteiger partial charge in [-0.25, -0.2) is 4.98 Å². The first-order valence-corrected chi connectivity index (χ1v) is 7.85. The van der Waals surface area contributed by atoms with Gasteiger partial charge in [-0.15, -0.1) is 11.3 Å². The fraction of sp³-hybridized carbons (Fsp3) is 0.333. The molecule has 21 heavy (non-hydrogen) atoms. The summed E-state index contributed by atoms with van der Waals surface area (Å²) < 4.78 is 0. The number of nitrogens with one attached hydrogen (secondary N) is 2. The predicted molar refractivity (Wildman–Crippen MR) is 88.5 cm³/mol. The van der Waals surface area contributed by atoms with Crippen LogP contribution in [-0.2, 0) is 5.41 Å². The summed E-state index contributed by atoms with van der Waals surface area (Å²) in [5.74, 6) is 0.422. The third-order valence-electron chi connectivity index (χ3n) is 3.24. The average molecular weight is 324 g/mol. The van der Waals surface area contributed by atoms with Crippen LogP contribution in [0.25, 0.3) is 0 Å². The van der Waals surface area contributed by atoms with Crippen molar-refractivity contribution < 1.29 is 4.79 Å². The monoisotopic (exact) mass is 323 g/mol.